The Morgan fingerprint density at radius 1 is 1.40 bits per heavy atom. The van der Waals surface area contributed by atoms with Crippen molar-refractivity contribution < 1.29 is 19.4 Å². The third-order valence-corrected chi connectivity index (χ3v) is 3.99. The summed E-state index contributed by atoms with van der Waals surface area (Å²) in [6, 6.07) is 5.47. The molecule has 1 aromatic rings. The molecule has 0 radical (unpaired) electrons. The average molecular weight is 277 g/mol. The molecule has 108 valence electrons. The van der Waals surface area contributed by atoms with Crippen LogP contribution in [-0.4, -0.2) is 48.4 Å². The number of rotatable bonds is 3. The molecule has 0 aliphatic carbocycles. The summed E-state index contributed by atoms with van der Waals surface area (Å²) in [6.07, 6.45) is 1.19. The first-order chi connectivity index (χ1) is 9.57. The van der Waals surface area contributed by atoms with Gasteiger partial charge in [0.2, 0.25) is 0 Å². The van der Waals surface area contributed by atoms with E-state index in [2.05, 4.69) is 0 Å². The van der Waals surface area contributed by atoms with E-state index in [1.165, 1.54) is 0 Å². The number of hydrogen-bond donors (Lipinski definition) is 1. The lowest BCUT2D eigenvalue weighted by atomic mass is 9.96. The van der Waals surface area contributed by atoms with Crippen LogP contribution in [0.2, 0.25) is 0 Å². The van der Waals surface area contributed by atoms with Gasteiger partial charge in [-0.15, -0.1) is 0 Å². The van der Waals surface area contributed by atoms with Crippen LogP contribution in [0, 0.1) is 0 Å². The molecule has 3 rings (SSSR count). The van der Waals surface area contributed by atoms with Crippen LogP contribution in [0.1, 0.15) is 28.8 Å². The smallest absolute Gasteiger partial charge is 0.254 e. The number of amides is 1. The van der Waals surface area contributed by atoms with Gasteiger partial charge < -0.3 is 19.5 Å². The lowest BCUT2D eigenvalue weighted by molar-refractivity contribution is -0.0855. The van der Waals surface area contributed by atoms with Gasteiger partial charge in [0, 0.05) is 45.2 Å². The Morgan fingerprint density at radius 2 is 2.15 bits per heavy atom. The Labute approximate surface area is 118 Å². The van der Waals surface area contributed by atoms with Crippen LogP contribution < -0.4 is 4.74 Å². The lowest BCUT2D eigenvalue weighted by Crippen LogP contribution is -2.41. The van der Waals surface area contributed by atoms with Gasteiger partial charge in [-0.2, -0.15) is 0 Å². The summed E-state index contributed by atoms with van der Waals surface area (Å²) in [5, 5.41) is 10.3. The predicted molar refractivity (Wildman–Crippen MR) is 72.7 cm³/mol. The van der Waals surface area contributed by atoms with E-state index in [9.17, 15) is 9.90 Å². The molecule has 0 aromatic heterocycles. The topological polar surface area (TPSA) is 59.0 Å². The van der Waals surface area contributed by atoms with Gasteiger partial charge in [-0.25, -0.2) is 0 Å². The van der Waals surface area contributed by atoms with E-state index in [-0.39, 0.29) is 12.5 Å². The van der Waals surface area contributed by atoms with Crippen LogP contribution >= 0.6 is 0 Å². The van der Waals surface area contributed by atoms with E-state index in [1.54, 1.807) is 24.1 Å². The summed E-state index contributed by atoms with van der Waals surface area (Å²) in [4.78, 5) is 13.5. The zero-order chi connectivity index (χ0) is 14.2. The molecule has 2 aliphatic rings. The van der Waals surface area contributed by atoms with Crippen molar-refractivity contribution in [2.45, 2.75) is 25.0 Å². The zero-order valence-corrected chi connectivity index (χ0v) is 11.6. The van der Waals surface area contributed by atoms with Crippen molar-refractivity contribution >= 4 is 5.91 Å². The van der Waals surface area contributed by atoms with Gasteiger partial charge in [-0.3, -0.25) is 4.79 Å². The van der Waals surface area contributed by atoms with Crippen LogP contribution in [0.3, 0.4) is 0 Å². The number of ether oxygens (including phenoxy) is 2. The first-order valence-electron chi connectivity index (χ1n) is 6.89. The van der Waals surface area contributed by atoms with Crippen LogP contribution in [0.5, 0.6) is 5.75 Å². The van der Waals surface area contributed by atoms with E-state index in [4.69, 9.17) is 9.47 Å². The number of aliphatic hydroxyl groups is 1. The second kappa shape index (κ2) is 5.07. The molecule has 20 heavy (non-hydrogen) atoms. The number of benzene rings is 1. The third kappa shape index (κ3) is 2.51. The molecule has 0 saturated carbocycles. The molecule has 1 saturated heterocycles. The van der Waals surface area contributed by atoms with Crippen molar-refractivity contribution in [1.29, 1.82) is 0 Å². The van der Waals surface area contributed by atoms with Gasteiger partial charge in [-0.1, -0.05) is 0 Å². The van der Waals surface area contributed by atoms with Gasteiger partial charge in [0.1, 0.15) is 18.0 Å². The number of carbonyl (C=O) groups excluding carboxylic acids is 1. The van der Waals surface area contributed by atoms with Crippen LogP contribution in [0.4, 0.5) is 0 Å². The maximum absolute atomic E-state index is 11.8. The lowest BCUT2D eigenvalue weighted by Gasteiger charge is -2.31. The maximum Gasteiger partial charge on any atom is 0.254 e. The molecule has 1 amide bonds. The fraction of sp³-hybridized carbons (Fsp3) is 0.533. The van der Waals surface area contributed by atoms with Gasteiger partial charge in [0.25, 0.3) is 5.91 Å². The molecule has 2 aliphatic heterocycles. The Balaban J connectivity index is 1.67. The minimum atomic E-state index is -0.802. The molecule has 5 heteroatoms. The minimum absolute atomic E-state index is 0.0506. The molecule has 1 N–H and O–H groups in total. The first-order valence-corrected chi connectivity index (χ1v) is 6.89. The van der Waals surface area contributed by atoms with E-state index in [1.807, 2.05) is 6.07 Å². The standard InChI is InChI=1S/C15H19NO4/c1-16-9-11-8-12(2-3-13(11)14(16)17)20-10-15(18)4-6-19-7-5-15/h2-3,8,18H,4-7,9-10H2,1H3. The predicted octanol–water partition coefficient (Wildman–Crippen LogP) is 1.19. The molecule has 0 atom stereocenters. The molecule has 0 bridgehead atoms. The van der Waals surface area contributed by atoms with E-state index < -0.39 is 5.60 Å². The number of nitrogens with zero attached hydrogens (tertiary/aromatic N) is 1. The summed E-state index contributed by atoms with van der Waals surface area (Å²) in [5.41, 5.74) is 0.919. The summed E-state index contributed by atoms with van der Waals surface area (Å²) in [5.74, 6) is 0.751. The van der Waals surface area contributed by atoms with E-state index in [0.29, 0.717) is 38.3 Å². The van der Waals surface area contributed by atoms with Gasteiger partial charge in [-0.05, 0) is 23.8 Å². The van der Waals surface area contributed by atoms with Crippen molar-refractivity contribution in [2.75, 3.05) is 26.9 Å². The third-order valence-electron chi connectivity index (χ3n) is 3.99. The second-order valence-corrected chi connectivity index (χ2v) is 5.61. The largest absolute Gasteiger partial charge is 0.491 e. The quantitative estimate of drug-likeness (QED) is 0.901. The number of fused-ring (bicyclic) bond motifs is 1. The van der Waals surface area contributed by atoms with E-state index >= 15 is 0 Å². The number of hydrogen-bond acceptors (Lipinski definition) is 4. The van der Waals surface area contributed by atoms with Crippen molar-refractivity contribution in [1.82, 2.24) is 4.90 Å². The molecule has 2 heterocycles. The van der Waals surface area contributed by atoms with E-state index in [0.717, 1.165) is 11.1 Å². The molecule has 0 unspecified atom stereocenters. The highest BCUT2D eigenvalue weighted by Crippen LogP contribution is 2.27. The maximum atomic E-state index is 11.8. The zero-order valence-electron chi connectivity index (χ0n) is 11.6. The van der Waals surface area contributed by atoms with Crippen LogP contribution in [-0.2, 0) is 11.3 Å². The Kier molecular flexibility index (Phi) is 3.40. The average Bonchev–Trinajstić information content (AvgIpc) is 2.72. The van der Waals surface area contributed by atoms with Gasteiger partial charge >= 0.3 is 0 Å². The van der Waals surface area contributed by atoms with Crippen molar-refractivity contribution in [2.24, 2.45) is 0 Å². The second-order valence-electron chi connectivity index (χ2n) is 5.61. The van der Waals surface area contributed by atoms with Crippen molar-refractivity contribution in [3.05, 3.63) is 29.3 Å². The molecule has 1 fully saturated rings. The monoisotopic (exact) mass is 277 g/mol. The minimum Gasteiger partial charge on any atom is -0.491 e. The van der Waals surface area contributed by atoms with Crippen molar-refractivity contribution in [3.8, 4) is 5.75 Å². The molecular formula is C15H19NO4. The normalized spacial score (nSPS) is 20.9. The first kappa shape index (κ1) is 13.4. The molecule has 5 nitrogen and oxygen atoms in total. The molecular weight excluding hydrogens is 258 g/mol. The van der Waals surface area contributed by atoms with Gasteiger partial charge in [0.05, 0.1) is 0 Å². The summed E-state index contributed by atoms with van der Waals surface area (Å²) in [7, 11) is 1.79. The Bertz CT molecular complexity index is 523. The fourth-order valence-electron chi connectivity index (χ4n) is 2.65. The van der Waals surface area contributed by atoms with Gasteiger partial charge in [0.15, 0.2) is 0 Å². The number of carbonyl (C=O) groups is 1. The summed E-state index contributed by atoms with van der Waals surface area (Å²) < 4.78 is 11.0. The Hall–Kier alpha value is -1.59. The summed E-state index contributed by atoms with van der Waals surface area (Å²) in [6.45, 7) is 2.02. The molecule has 0 spiro atoms. The van der Waals surface area contributed by atoms with Crippen molar-refractivity contribution in [3.63, 3.8) is 0 Å². The summed E-state index contributed by atoms with van der Waals surface area (Å²) >= 11 is 0. The highest BCUT2D eigenvalue weighted by Gasteiger charge is 2.31. The molecule has 1 aromatic carbocycles. The highest BCUT2D eigenvalue weighted by atomic mass is 16.5. The fourth-order valence-corrected chi connectivity index (χ4v) is 2.65. The Morgan fingerprint density at radius 3 is 2.90 bits per heavy atom. The SMILES string of the molecule is CN1Cc2cc(OCC3(O)CCOCC3)ccc2C1=O. The highest BCUT2D eigenvalue weighted by molar-refractivity contribution is 5.98. The van der Waals surface area contributed by atoms with Crippen LogP contribution in [0.15, 0.2) is 18.2 Å². The van der Waals surface area contributed by atoms with Crippen LogP contribution in [0.25, 0.3) is 0 Å².